The Morgan fingerprint density at radius 3 is 2.40 bits per heavy atom. The molecule has 0 aliphatic carbocycles. The van der Waals surface area contributed by atoms with E-state index in [1.54, 1.807) is 0 Å². The first-order valence-electron chi connectivity index (χ1n) is 10.5. The van der Waals surface area contributed by atoms with Crippen molar-refractivity contribution in [2.24, 2.45) is 5.92 Å². The average molecular weight is 423 g/mol. The molecular weight excluding hydrogens is 392 g/mol. The monoisotopic (exact) mass is 422 g/mol. The van der Waals surface area contributed by atoms with E-state index in [1.165, 1.54) is 0 Å². The number of hydrogen-bond donors (Lipinski definition) is 1. The number of allylic oxidation sites excluding steroid dienone is 1. The van der Waals surface area contributed by atoms with Crippen molar-refractivity contribution in [1.29, 1.82) is 0 Å². The highest BCUT2D eigenvalue weighted by molar-refractivity contribution is 7.80. The van der Waals surface area contributed by atoms with E-state index in [0.717, 1.165) is 35.5 Å². The quantitative estimate of drug-likeness (QED) is 0.448. The fraction of sp³-hybridized carbons (Fsp3) is 0.360. The van der Waals surface area contributed by atoms with Gasteiger partial charge in [-0.15, -0.1) is 0 Å². The highest BCUT2D eigenvalue weighted by Gasteiger charge is 2.33. The maximum atomic E-state index is 13.5. The molecule has 158 valence electrons. The molecule has 30 heavy (non-hydrogen) atoms. The summed E-state index contributed by atoms with van der Waals surface area (Å²) in [6.07, 6.45) is 0.943. The zero-order chi connectivity index (χ0) is 21.7. The van der Waals surface area contributed by atoms with Gasteiger partial charge in [-0.25, -0.2) is 0 Å². The fourth-order valence-corrected chi connectivity index (χ4v) is 3.93. The third kappa shape index (κ3) is 4.90. The molecule has 0 saturated carbocycles. The van der Waals surface area contributed by atoms with Crippen LogP contribution in [0.3, 0.4) is 0 Å². The minimum Gasteiger partial charge on any atom is -0.493 e. The van der Waals surface area contributed by atoms with Crippen LogP contribution in [0.25, 0.3) is 0 Å². The average Bonchev–Trinajstić information content (AvgIpc) is 2.75. The molecule has 1 heterocycles. The first kappa shape index (κ1) is 22.0. The number of nitrogens with one attached hydrogen (secondary N) is 1. The smallest absolute Gasteiger partial charge is 0.193 e. The second-order valence-electron chi connectivity index (χ2n) is 8.00. The predicted octanol–water partition coefficient (Wildman–Crippen LogP) is 5.52. The first-order chi connectivity index (χ1) is 14.4. The standard InChI is InChI=1S/C25H30N2O2S/c1-5-15-27-18(4)22(24(28)20-9-7-6-8-10-20)23(26-25(27)30)19-11-13-21(14-12-19)29-16-17(2)3/h6-14,17,23H,5,15-16H2,1-4H3,(H,26,30). The summed E-state index contributed by atoms with van der Waals surface area (Å²) in [4.78, 5) is 15.5. The number of Topliss-reactive ketones (excluding diaryl/α,β-unsaturated/α-hetero) is 1. The Balaban J connectivity index is 1.98. The first-order valence-corrected chi connectivity index (χ1v) is 10.9. The summed E-state index contributed by atoms with van der Waals surface area (Å²) in [7, 11) is 0. The van der Waals surface area contributed by atoms with E-state index in [4.69, 9.17) is 17.0 Å². The van der Waals surface area contributed by atoms with Crippen molar-refractivity contribution in [2.45, 2.75) is 40.2 Å². The second kappa shape index (κ2) is 9.90. The summed E-state index contributed by atoms with van der Waals surface area (Å²) in [5.41, 5.74) is 3.32. The van der Waals surface area contributed by atoms with Gasteiger partial charge in [0.1, 0.15) is 5.75 Å². The molecule has 0 aromatic heterocycles. The Kier molecular flexibility index (Phi) is 7.27. The summed E-state index contributed by atoms with van der Waals surface area (Å²) in [6.45, 7) is 9.80. The van der Waals surface area contributed by atoms with Crippen LogP contribution in [0.4, 0.5) is 0 Å². The van der Waals surface area contributed by atoms with Crippen molar-refractivity contribution in [1.82, 2.24) is 10.2 Å². The van der Waals surface area contributed by atoms with Gasteiger partial charge in [-0.3, -0.25) is 4.79 Å². The van der Waals surface area contributed by atoms with Gasteiger partial charge < -0.3 is 15.0 Å². The minimum atomic E-state index is -0.294. The molecule has 3 rings (SSSR count). The molecule has 0 saturated heterocycles. The van der Waals surface area contributed by atoms with Crippen LogP contribution in [0.1, 0.15) is 56.1 Å². The number of nitrogens with zero attached hydrogens (tertiary/aromatic N) is 1. The van der Waals surface area contributed by atoms with Gasteiger partial charge in [0.15, 0.2) is 10.9 Å². The summed E-state index contributed by atoms with van der Waals surface area (Å²) in [6, 6.07) is 17.1. The maximum Gasteiger partial charge on any atom is 0.193 e. The fourth-order valence-electron chi connectivity index (χ4n) is 3.58. The SMILES string of the molecule is CCCN1C(=S)NC(c2ccc(OCC(C)C)cc2)C(C(=O)c2ccccc2)=C1C. The largest absolute Gasteiger partial charge is 0.493 e. The zero-order valence-corrected chi connectivity index (χ0v) is 19.0. The zero-order valence-electron chi connectivity index (χ0n) is 18.1. The molecule has 0 amide bonds. The summed E-state index contributed by atoms with van der Waals surface area (Å²) in [5.74, 6) is 1.32. The molecule has 0 fully saturated rings. The van der Waals surface area contributed by atoms with Crippen LogP contribution < -0.4 is 10.1 Å². The van der Waals surface area contributed by atoms with Crippen LogP contribution >= 0.6 is 12.2 Å². The van der Waals surface area contributed by atoms with Crippen LogP contribution in [-0.2, 0) is 0 Å². The molecule has 1 N–H and O–H groups in total. The Morgan fingerprint density at radius 2 is 1.80 bits per heavy atom. The summed E-state index contributed by atoms with van der Waals surface area (Å²) >= 11 is 5.64. The molecular formula is C25H30N2O2S. The molecule has 1 unspecified atom stereocenters. The number of rotatable bonds is 8. The predicted molar refractivity (Wildman–Crippen MR) is 126 cm³/mol. The van der Waals surface area contributed by atoms with Crippen LogP contribution in [0, 0.1) is 5.92 Å². The van der Waals surface area contributed by atoms with E-state index in [2.05, 4.69) is 26.1 Å². The molecule has 2 aromatic carbocycles. The molecule has 2 aromatic rings. The van der Waals surface area contributed by atoms with Crippen molar-refractivity contribution in [3.63, 3.8) is 0 Å². The number of thiocarbonyl (C=S) groups is 1. The number of ether oxygens (including phenoxy) is 1. The van der Waals surface area contributed by atoms with Gasteiger partial charge in [0.25, 0.3) is 0 Å². The maximum absolute atomic E-state index is 13.5. The Hall–Kier alpha value is -2.66. The van der Waals surface area contributed by atoms with Crippen molar-refractivity contribution < 1.29 is 9.53 Å². The van der Waals surface area contributed by atoms with Gasteiger partial charge in [-0.2, -0.15) is 0 Å². The second-order valence-corrected chi connectivity index (χ2v) is 8.39. The lowest BCUT2D eigenvalue weighted by atomic mass is 9.89. The minimum absolute atomic E-state index is 0.0225. The van der Waals surface area contributed by atoms with Crippen molar-refractivity contribution in [2.75, 3.05) is 13.2 Å². The molecule has 1 aliphatic heterocycles. The molecule has 0 bridgehead atoms. The molecule has 4 nitrogen and oxygen atoms in total. The van der Waals surface area contributed by atoms with Crippen LogP contribution in [0.5, 0.6) is 5.75 Å². The van der Waals surface area contributed by atoms with Gasteiger partial charge in [0, 0.05) is 23.4 Å². The molecule has 5 heteroatoms. The molecule has 1 atom stereocenters. The van der Waals surface area contributed by atoms with E-state index < -0.39 is 0 Å². The van der Waals surface area contributed by atoms with Gasteiger partial charge >= 0.3 is 0 Å². The lowest BCUT2D eigenvalue weighted by Crippen LogP contribution is -2.47. The van der Waals surface area contributed by atoms with Crippen LogP contribution in [0.2, 0.25) is 0 Å². The van der Waals surface area contributed by atoms with E-state index in [-0.39, 0.29) is 11.8 Å². The number of ketones is 1. The Labute approximate surface area is 184 Å². The van der Waals surface area contributed by atoms with Gasteiger partial charge in [0.2, 0.25) is 0 Å². The Bertz CT molecular complexity index is 920. The van der Waals surface area contributed by atoms with E-state index in [1.807, 2.05) is 66.4 Å². The highest BCUT2D eigenvalue weighted by atomic mass is 32.1. The third-order valence-electron chi connectivity index (χ3n) is 5.12. The number of carbonyl (C=O) groups excluding carboxylic acids is 1. The highest BCUT2D eigenvalue weighted by Crippen LogP contribution is 2.33. The van der Waals surface area contributed by atoms with E-state index >= 15 is 0 Å². The molecule has 1 aliphatic rings. The van der Waals surface area contributed by atoms with Crippen molar-refractivity contribution in [3.8, 4) is 5.75 Å². The van der Waals surface area contributed by atoms with Gasteiger partial charge in [-0.05, 0) is 49.2 Å². The number of benzene rings is 2. The normalized spacial score (nSPS) is 16.6. The number of hydrogen-bond acceptors (Lipinski definition) is 3. The third-order valence-corrected chi connectivity index (χ3v) is 5.46. The lowest BCUT2D eigenvalue weighted by molar-refractivity contribution is 0.102. The van der Waals surface area contributed by atoms with Crippen LogP contribution in [-0.4, -0.2) is 28.9 Å². The van der Waals surface area contributed by atoms with Gasteiger partial charge in [-0.1, -0.05) is 63.2 Å². The topological polar surface area (TPSA) is 41.6 Å². The van der Waals surface area contributed by atoms with Crippen molar-refractivity contribution in [3.05, 3.63) is 77.0 Å². The molecule has 0 spiro atoms. The summed E-state index contributed by atoms with van der Waals surface area (Å²) in [5, 5.41) is 4.06. The Morgan fingerprint density at radius 1 is 1.13 bits per heavy atom. The summed E-state index contributed by atoms with van der Waals surface area (Å²) < 4.78 is 5.81. The van der Waals surface area contributed by atoms with Gasteiger partial charge in [0.05, 0.1) is 12.6 Å². The van der Waals surface area contributed by atoms with E-state index in [0.29, 0.717) is 23.2 Å². The number of carbonyl (C=O) groups is 1. The van der Waals surface area contributed by atoms with Crippen LogP contribution in [0.15, 0.2) is 65.9 Å². The lowest BCUT2D eigenvalue weighted by Gasteiger charge is -2.38. The van der Waals surface area contributed by atoms with Crippen molar-refractivity contribution >= 4 is 23.1 Å². The van der Waals surface area contributed by atoms with E-state index in [9.17, 15) is 4.79 Å². The molecule has 0 radical (unpaired) electrons.